The minimum Gasteiger partial charge on any atom is -0.502 e. The molecule has 1 aromatic carbocycles. The Labute approximate surface area is 170 Å². The maximum absolute atomic E-state index is 12.2. The Morgan fingerprint density at radius 2 is 2.07 bits per heavy atom. The highest BCUT2D eigenvalue weighted by Crippen LogP contribution is 2.37. The van der Waals surface area contributed by atoms with E-state index in [2.05, 4.69) is 10.2 Å². The fraction of sp³-hybridized carbons (Fsp3) is 0.250. The lowest BCUT2D eigenvalue weighted by Gasteiger charge is -2.17. The van der Waals surface area contributed by atoms with E-state index in [1.165, 1.54) is 6.20 Å². The average Bonchev–Trinajstić information content (AvgIpc) is 3.18. The molecule has 0 bridgehead atoms. The summed E-state index contributed by atoms with van der Waals surface area (Å²) < 4.78 is 10.6. The summed E-state index contributed by atoms with van der Waals surface area (Å²) in [6.45, 7) is 1.31. The van der Waals surface area contributed by atoms with Gasteiger partial charge >= 0.3 is 5.97 Å². The number of aromatic amines is 1. The number of carbonyl (C=O) groups excluding carboxylic acids is 1. The van der Waals surface area contributed by atoms with Crippen LogP contribution in [0.25, 0.3) is 11.3 Å². The van der Waals surface area contributed by atoms with Crippen molar-refractivity contribution in [1.82, 2.24) is 10.2 Å². The zero-order valence-corrected chi connectivity index (χ0v) is 16.3. The average molecular weight is 419 g/mol. The van der Waals surface area contributed by atoms with Gasteiger partial charge in [-0.2, -0.15) is 5.10 Å². The number of aliphatic hydroxyl groups is 1. The van der Waals surface area contributed by atoms with Crippen molar-refractivity contribution >= 4 is 17.6 Å². The highest BCUT2D eigenvalue weighted by Gasteiger charge is 2.30. The predicted octanol–water partition coefficient (Wildman–Crippen LogP) is 2.97. The van der Waals surface area contributed by atoms with Crippen LogP contribution in [-0.4, -0.2) is 33.0 Å². The predicted molar refractivity (Wildman–Crippen MR) is 105 cm³/mol. The summed E-state index contributed by atoms with van der Waals surface area (Å²) in [5.74, 6) is -2.24. The summed E-state index contributed by atoms with van der Waals surface area (Å²) in [5.41, 5.74) is 1.08. The largest absolute Gasteiger partial charge is 0.502 e. The number of hydrogen-bond donors (Lipinski definition) is 3. The van der Waals surface area contributed by atoms with Gasteiger partial charge in [0.15, 0.2) is 5.76 Å². The van der Waals surface area contributed by atoms with Crippen molar-refractivity contribution in [2.75, 3.05) is 6.61 Å². The first-order valence-electron chi connectivity index (χ1n) is 8.86. The van der Waals surface area contributed by atoms with Crippen LogP contribution < -0.4 is 5.43 Å². The molecule has 0 aliphatic rings. The third-order valence-corrected chi connectivity index (χ3v) is 4.58. The van der Waals surface area contributed by atoms with Crippen molar-refractivity contribution in [3.05, 3.63) is 68.9 Å². The minimum absolute atomic E-state index is 0.0341. The van der Waals surface area contributed by atoms with Gasteiger partial charge in [0.2, 0.25) is 11.2 Å². The van der Waals surface area contributed by atoms with Crippen molar-refractivity contribution < 1.29 is 24.2 Å². The van der Waals surface area contributed by atoms with Crippen LogP contribution in [0.5, 0.6) is 5.75 Å². The van der Waals surface area contributed by atoms with Gasteiger partial charge in [0, 0.05) is 16.7 Å². The fourth-order valence-corrected chi connectivity index (χ4v) is 3.13. The Bertz CT molecular complexity index is 1060. The van der Waals surface area contributed by atoms with Gasteiger partial charge in [0.05, 0.1) is 30.8 Å². The highest BCUT2D eigenvalue weighted by atomic mass is 35.5. The number of carbonyl (C=O) groups is 1. The topological polar surface area (TPSA) is 126 Å². The Hall–Kier alpha value is -3.10. The number of benzene rings is 1. The normalized spacial score (nSPS) is 12.0. The number of aromatic hydroxyl groups is 1. The van der Waals surface area contributed by atoms with Gasteiger partial charge in [-0.3, -0.25) is 14.7 Å². The van der Waals surface area contributed by atoms with Gasteiger partial charge < -0.3 is 19.4 Å². The van der Waals surface area contributed by atoms with E-state index in [0.29, 0.717) is 16.3 Å². The van der Waals surface area contributed by atoms with Gasteiger partial charge in [-0.1, -0.05) is 23.7 Å². The molecule has 1 atom stereocenters. The number of hydrogen-bond acceptors (Lipinski definition) is 7. The molecule has 8 nitrogen and oxygen atoms in total. The molecule has 0 fully saturated rings. The van der Waals surface area contributed by atoms with Crippen LogP contribution in [0.3, 0.4) is 0 Å². The molecule has 152 valence electrons. The molecule has 0 amide bonds. The number of nitrogens with zero attached hydrogens (tertiary/aromatic N) is 1. The van der Waals surface area contributed by atoms with Crippen LogP contribution in [0.2, 0.25) is 5.02 Å². The number of rotatable bonds is 7. The minimum atomic E-state index is -0.877. The molecular weight excluding hydrogens is 400 g/mol. The summed E-state index contributed by atoms with van der Waals surface area (Å²) in [5, 5.41) is 27.2. The smallest absolute Gasteiger partial charge is 0.306 e. The molecule has 0 saturated carbocycles. The van der Waals surface area contributed by atoms with Crippen molar-refractivity contribution in [2.45, 2.75) is 25.9 Å². The van der Waals surface area contributed by atoms with Crippen LogP contribution in [0.1, 0.15) is 36.3 Å². The van der Waals surface area contributed by atoms with E-state index >= 15 is 0 Å². The molecule has 3 aromatic rings. The SMILES string of the molecule is CCOC(=O)C[C@@H](c1cn[nH]c1-c1ccc(Cl)cc1)c1oc(CO)cc(=O)c1O. The number of aromatic nitrogens is 2. The Balaban J connectivity index is 2.15. The molecule has 0 unspecified atom stereocenters. The van der Waals surface area contributed by atoms with Crippen LogP contribution in [0, 0.1) is 0 Å². The van der Waals surface area contributed by atoms with Crippen molar-refractivity contribution in [3.63, 3.8) is 0 Å². The summed E-state index contributed by atoms with van der Waals surface area (Å²) in [4.78, 5) is 24.4. The Morgan fingerprint density at radius 3 is 2.72 bits per heavy atom. The molecule has 29 heavy (non-hydrogen) atoms. The first-order valence-corrected chi connectivity index (χ1v) is 9.24. The van der Waals surface area contributed by atoms with Crippen molar-refractivity contribution in [1.29, 1.82) is 0 Å². The Kier molecular flexibility index (Phi) is 6.36. The molecule has 0 aliphatic heterocycles. The molecule has 0 saturated heterocycles. The van der Waals surface area contributed by atoms with Gasteiger partial charge in [0.1, 0.15) is 12.4 Å². The molecule has 3 N–H and O–H groups in total. The molecule has 2 heterocycles. The molecule has 2 aromatic heterocycles. The zero-order chi connectivity index (χ0) is 21.0. The molecular formula is C20H19ClN2O6. The fourth-order valence-electron chi connectivity index (χ4n) is 3.01. The number of esters is 1. The van der Waals surface area contributed by atoms with Crippen LogP contribution in [-0.2, 0) is 16.1 Å². The van der Waals surface area contributed by atoms with E-state index in [1.807, 2.05) is 0 Å². The lowest BCUT2D eigenvalue weighted by Crippen LogP contribution is -2.15. The molecule has 3 rings (SSSR count). The highest BCUT2D eigenvalue weighted by molar-refractivity contribution is 6.30. The summed E-state index contributed by atoms with van der Waals surface area (Å²) in [6, 6.07) is 7.93. The second-order valence-corrected chi connectivity index (χ2v) is 6.65. The third kappa shape index (κ3) is 4.49. The number of H-pyrrole nitrogens is 1. The van der Waals surface area contributed by atoms with E-state index in [1.54, 1.807) is 31.2 Å². The number of halogens is 1. The number of aliphatic hydroxyl groups excluding tert-OH is 1. The van der Waals surface area contributed by atoms with Gasteiger partial charge in [-0.05, 0) is 24.6 Å². The molecule has 9 heteroatoms. The van der Waals surface area contributed by atoms with Gasteiger partial charge in [0.25, 0.3) is 0 Å². The second kappa shape index (κ2) is 8.93. The monoisotopic (exact) mass is 418 g/mol. The second-order valence-electron chi connectivity index (χ2n) is 6.22. The third-order valence-electron chi connectivity index (χ3n) is 4.33. The van der Waals surface area contributed by atoms with E-state index in [4.69, 9.17) is 20.8 Å². The lowest BCUT2D eigenvalue weighted by molar-refractivity contribution is -0.143. The maximum atomic E-state index is 12.2. The zero-order valence-electron chi connectivity index (χ0n) is 15.5. The first-order chi connectivity index (χ1) is 13.9. The van der Waals surface area contributed by atoms with E-state index in [0.717, 1.165) is 11.6 Å². The van der Waals surface area contributed by atoms with Crippen LogP contribution in [0.15, 0.2) is 45.7 Å². The summed E-state index contributed by atoms with van der Waals surface area (Å²) >= 11 is 5.95. The van der Waals surface area contributed by atoms with Crippen molar-refractivity contribution in [3.8, 4) is 17.0 Å². The van der Waals surface area contributed by atoms with Gasteiger partial charge in [-0.15, -0.1) is 0 Å². The molecule has 0 spiro atoms. The quantitative estimate of drug-likeness (QED) is 0.503. The Morgan fingerprint density at radius 1 is 1.34 bits per heavy atom. The van der Waals surface area contributed by atoms with Crippen LogP contribution >= 0.6 is 11.6 Å². The lowest BCUT2D eigenvalue weighted by atomic mass is 9.90. The van der Waals surface area contributed by atoms with Crippen molar-refractivity contribution in [2.24, 2.45) is 0 Å². The maximum Gasteiger partial charge on any atom is 0.306 e. The van der Waals surface area contributed by atoms with E-state index in [9.17, 15) is 19.8 Å². The van der Waals surface area contributed by atoms with E-state index < -0.39 is 29.7 Å². The van der Waals surface area contributed by atoms with Crippen LogP contribution in [0.4, 0.5) is 0 Å². The number of ether oxygens (including phenoxy) is 1. The first kappa shape index (κ1) is 20.6. The molecule has 0 aliphatic carbocycles. The number of nitrogens with one attached hydrogen (secondary N) is 1. The van der Waals surface area contributed by atoms with E-state index in [-0.39, 0.29) is 24.5 Å². The van der Waals surface area contributed by atoms with Gasteiger partial charge in [-0.25, -0.2) is 0 Å². The standard InChI is InChI=1S/C20H19ClN2O6/c1-2-28-17(26)8-14(20-19(27)16(25)7-13(10-24)29-20)15-9-22-23-18(15)11-3-5-12(21)6-4-11/h3-7,9,14,24,27H,2,8,10H2,1H3,(H,22,23)/t14-/m0/s1. The summed E-state index contributed by atoms with van der Waals surface area (Å²) in [6.07, 6.45) is 1.28. The summed E-state index contributed by atoms with van der Waals surface area (Å²) in [7, 11) is 0. The molecule has 0 radical (unpaired) electrons.